The zero-order valence-corrected chi connectivity index (χ0v) is 20.2. The molecule has 3 aromatic rings. The van der Waals surface area contributed by atoms with Gasteiger partial charge in [0.2, 0.25) is 0 Å². The molecule has 1 saturated heterocycles. The molecule has 0 bridgehead atoms. The number of piperidine rings is 1. The van der Waals surface area contributed by atoms with Crippen molar-refractivity contribution in [2.75, 3.05) is 41.0 Å². The number of halogens is 1. The lowest BCUT2D eigenvalue weighted by Gasteiger charge is -2.31. The number of rotatable bonds is 10. The predicted octanol–water partition coefficient (Wildman–Crippen LogP) is 4.21. The Kier molecular flexibility index (Phi) is 8.05. The lowest BCUT2D eigenvalue weighted by Crippen LogP contribution is -2.33. The second kappa shape index (κ2) is 11.2. The van der Waals surface area contributed by atoms with Crippen molar-refractivity contribution in [3.63, 3.8) is 0 Å². The van der Waals surface area contributed by atoms with Gasteiger partial charge in [0, 0.05) is 56.5 Å². The van der Waals surface area contributed by atoms with Crippen molar-refractivity contribution >= 4 is 10.9 Å². The van der Waals surface area contributed by atoms with Crippen LogP contribution in [0.25, 0.3) is 10.9 Å². The minimum absolute atomic E-state index is 0.148. The van der Waals surface area contributed by atoms with Crippen LogP contribution in [-0.2, 0) is 29.3 Å². The zero-order chi connectivity index (χ0) is 24.1. The summed E-state index contributed by atoms with van der Waals surface area (Å²) in [5.74, 6) is 1.40. The summed E-state index contributed by atoms with van der Waals surface area (Å²) in [6.45, 7) is 3.68. The molecule has 0 saturated carbocycles. The fourth-order valence-electron chi connectivity index (χ4n) is 4.67. The van der Waals surface area contributed by atoms with E-state index in [1.54, 1.807) is 27.4 Å². The molecule has 2 N–H and O–H groups in total. The molecule has 0 aliphatic carbocycles. The van der Waals surface area contributed by atoms with Crippen LogP contribution < -0.4 is 15.2 Å². The van der Waals surface area contributed by atoms with Gasteiger partial charge in [0.15, 0.2) is 11.5 Å². The SMILES string of the molecule is COCCn1cc(CON2CCC(c3cc(CN)ccc3F)CC2)c2cc(OC)c(OC)cc21. The maximum Gasteiger partial charge on any atom is 0.162 e. The van der Waals surface area contributed by atoms with E-state index in [0.717, 1.165) is 60.1 Å². The topological polar surface area (TPSA) is 71.1 Å². The zero-order valence-electron chi connectivity index (χ0n) is 20.2. The third kappa shape index (κ3) is 5.20. The summed E-state index contributed by atoms with van der Waals surface area (Å²) in [5, 5.41) is 3.05. The molecule has 0 unspecified atom stereocenters. The van der Waals surface area contributed by atoms with Crippen LogP contribution in [0.4, 0.5) is 4.39 Å². The Morgan fingerprint density at radius 2 is 1.76 bits per heavy atom. The van der Waals surface area contributed by atoms with E-state index in [-0.39, 0.29) is 11.7 Å². The maximum atomic E-state index is 14.4. The first-order valence-electron chi connectivity index (χ1n) is 11.7. The monoisotopic (exact) mass is 471 g/mol. The molecule has 4 rings (SSSR count). The van der Waals surface area contributed by atoms with Crippen molar-refractivity contribution in [3.8, 4) is 11.5 Å². The Hall–Kier alpha value is -2.65. The van der Waals surface area contributed by atoms with Gasteiger partial charge in [0.05, 0.1) is 33.0 Å². The maximum absolute atomic E-state index is 14.4. The average Bonchev–Trinajstić information content (AvgIpc) is 3.22. The Morgan fingerprint density at radius 1 is 1.03 bits per heavy atom. The lowest BCUT2D eigenvalue weighted by atomic mass is 9.89. The van der Waals surface area contributed by atoms with E-state index in [1.165, 1.54) is 6.07 Å². The molecule has 8 heteroatoms. The van der Waals surface area contributed by atoms with Crippen LogP contribution >= 0.6 is 0 Å². The first-order valence-corrected chi connectivity index (χ1v) is 11.7. The Morgan fingerprint density at radius 3 is 2.44 bits per heavy atom. The number of aromatic nitrogens is 1. The van der Waals surface area contributed by atoms with Gasteiger partial charge in [-0.1, -0.05) is 12.1 Å². The molecule has 2 aromatic carbocycles. The summed E-state index contributed by atoms with van der Waals surface area (Å²) >= 11 is 0. The fraction of sp³-hybridized carbons (Fsp3) is 0.462. The van der Waals surface area contributed by atoms with Gasteiger partial charge < -0.3 is 24.5 Å². The van der Waals surface area contributed by atoms with Gasteiger partial charge in [0.1, 0.15) is 5.82 Å². The second-order valence-corrected chi connectivity index (χ2v) is 8.60. The van der Waals surface area contributed by atoms with Gasteiger partial charge in [-0.15, -0.1) is 0 Å². The minimum atomic E-state index is -0.148. The summed E-state index contributed by atoms with van der Waals surface area (Å²) in [6.07, 6.45) is 3.78. The highest BCUT2D eigenvalue weighted by Gasteiger charge is 2.24. The molecule has 0 spiro atoms. The molecular formula is C26H34FN3O4. The van der Waals surface area contributed by atoms with Crippen LogP contribution in [0.2, 0.25) is 0 Å². The fourth-order valence-corrected chi connectivity index (χ4v) is 4.67. The van der Waals surface area contributed by atoms with E-state index in [1.807, 2.05) is 23.3 Å². The highest BCUT2D eigenvalue weighted by Crippen LogP contribution is 2.36. The molecule has 0 amide bonds. The van der Waals surface area contributed by atoms with Crippen LogP contribution in [0.15, 0.2) is 36.5 Å². The van der Waals surface area contributed by atoms with Crippen LogP contribution in [0.1, 0.15) is 35.4 Å². The van der Waals surface area contributed by atoms with Gasteiger partial charge in [-0.05, 0) is 42.0 Å². The summed E-state index contributed by atoms with van der Waals surface area (Å²) in [6, 6.07) is 9.18. The Labute approximate surface area is 200 Å². The van der Waals surface area contributed by atoms with Gasteiger partial charge in [-0.3, -0.25) is 4.84 Å². The van der Waals surface area contributed by atoms with Gasteiger partial charge in [-0.2, -0.15) is 5.06 Å². The van der Waals surface area contributed by atoms with E-state index in [0.29, 0.717) is 31.3 Å². The van der Waals surface area contributed by atoms with Crippen LogP contribution in [0.5, 0.6) is 11.5 Å². The van der Waals surface area contributed by atoms with Crippen molar-refractivity contribution in [2.24, 2.45) is 5.73 Å². The average molecular weight is 472 g/mol. The third-order valence-corrected chi connectivity index (χ3v) is 6.60. The Bertz CT molecular complexity index is 1110. The number of hydrogen-bond donors (Lipinski definition) is 1. The van der Waals surface area contributed by atoms with Crippen molar-refractivity contribution < 1.29 is 23.4 Å². The normalized spacial score (nSPS) is 15.2. The number of methoxy groups -OCH3 is 3. The minimum Gasteiger partial charge on any atom is -0.493 e. The predicted molar refractivity (Wildman–Crippen MR) is 130 cm³/mol. The summed E-state index contributed by atoms with van der Waals surface area (Å²) in [4.78, 5) is 6.19. The summed E-state index contributed by atoms with van der Waals surface area (Å²) in [5.41, 5.74) is 9.59. The molecule has 2 heterocycles. The number of nitrogens with two attached hydrogens (primary N) is 1. The molecule has 34 heavy (non-hydrogen) atoms. The van der Waals surface area contributed by atoms with E-state index < -0.39 is 0 Å². The van der Waals surface area contributed by atoms with E-state index in [9.17, 15) is 4.39 Å². The van der Waals surface area contributed by atoms with E-state index in [2.05, 4.69) is 10.8 Å². The third-order valence-electron chi connectivity index (χ3n) is 6.60. The number of fused-ring (bicyclic) bond motifs is 1. The van der Waals surface area contributed by atoms with Crippen molar-refractivity contribution in [1.29, 1.82) is 0 Å². The van der Waals surface area contributed by atoms with E-state index >= 15 is 0 Å². The van der Waals surface area contributed by atoms with Gasteiger partial charge >= 0.3 is 0 Å². The largest absolute Gasteiger partial charge is 0.493 e. The Balaban J connectivity index is 1.45. The molecule has 1 aliphatic rings. The number of ether oxygens (including phenoxy) is 3. The van der Waals surface area contributed by atoms with E-state index in [4.69, 9.17) is 24.8 Å². The van der Waals surface area contributed by atoms with Crippen molar-refractivity contribution in [1.82, 2.24) is 9.63 Å². The second-order valence-electron chi connectivity index (χ2n) is 8.60. The highest BCUT2D eigenvalue weighted by molar-refractivity contribution is 5.87. The number of benzene rings is 2. The highest BCUT2D eigenvalue weighted by atomic mass is 19.1. The quantitative estimate of drug-likeness (QED) is 0.478. The molecular weight excluding hydrogens is 437 g/mol. The standard InChI is InChI=1S/C26H34FN3O4/c1-31-11-10-29-16-20(22-13-25(32-2)26(33-3)14-24(22)29)17-34-30-8-6-19(7-9-30)21-12-18(15-28)4-5-23(21)27/h4-5,12-14,16,19H,6-11,15,17,28H2,1-3H3. The van der Waals surface area contributed by atoms with Crippen molar-refractivity contribution in [3.05, 3.63) is 59.0 Å². The lowest BCUT2D eigenvalue weighted by molar-refractivity contribution is -0.180. The molecule has 1 fully saturated rings. The van der Waals surface area contributed by atoms with Crippen LogP contribution in [0, 0.1) is 5.82 Å². The van der Waals surface area contributed by atoms with Crippen molar-refractivity contribution in [2.45, 2.75) is 38.5 Å². The summed E-state index contributed by atoms with van der Waals surface area (Å²) < 4.78 is 32.8. The molecule has 0 radical (unpaired) electrons. The number of hydrogen-bond acceptors (Lipinski definition) is 6. The molecule has 1 aromatic heterocycles. The molecule has 184 valence electrons. The number of nitrogens with zero attached hydrogens (tertiary/aromatic N) is 2. The first kappa shape index (κ1) is 24.5. The van der Waals surface area contributed by atoms with Gasteiger partial charge in [-0.25, -0.2) is 4.39 Å². The smallest absolute Gasteiger partial charge is 0.162 e. The summed E-state index contributed by atoms with van der Waals surface area (Å²) in [7, 11) is 4.97. The molecule has 1 aliphatic heterocycles. The van der Waals surface area contributed by atoms with Crippen LogP contribution in [-0.4, -0.2) is 50.7 Å². The first-order chi connectivity index (χ1) is 16.6. The molecule has 0 atom stereocenters. The van der Waals surface area contributed by atoms with Gasteiger partial charge in [0.25, 0.3) is 0 Å². The van der Waals surface area contributed by atoms with Crippen LogP contribution in [0.3, 0.4) is 0 Å². The molecule has 7 nitrogen and oxygen atoms in total. The number of hydroxylamine groups is 2.